The van der Waals surface area contributed by atoms with Gasteiger partial charge in [0.25, 0.3) is 0 Å². The van der Waals surface area contributed by atoms with E-state index in [1.807, 2.05) is 6.08 Å². The molecule has 0 bridgehead atoms. The van der Waals surface area contributed by atoms with Gasteiger partial charge in [0.05, 0.1) is 13.2 Å². The fraction of sp³-hybridized carbons (Fsp3) is 0.895. The standard InChI is InChI=1S/C19H32O2/c1-3-15-12-20-19(21-13-15)18-10-8-17(9-11-18)16-6-4-14(2)5-7-16/h3,14-19H,1,4-13H2,2H3. The van der Waals surface area contributed by atoms with Crippen LogP contribution < -0.4 is 0 Å². The lowest BCUT2D eigenvalue weighted by molar-refractivity contribution is -0.223. The molecular formula is C19H32O2. The number of ether oxygens (including phenoxy) is 2. The van der Waals surface area contributed by atoms with E-state index in [1.54, 1.807) is 0 Å². The molecule has 2 aliphatic carbocycles. The smallest absolute Gasteiger partial charge is 0.160 e. The van der Waals surface area contributed by atoms with E-state index in [0.717, 1.165) is 31.0 Å². The Labute approximate surface area is 130 Å². The number of hydrogen-bond acceptors (Lipinski definition) is 2. The summed E-state index contributed by atoms with van der Waals surface area (Å²) in [5.74, 6) is 3.99. The molecule has 1 aliphatic heterocycles. The highest BCUT2D eigenvalue weighted by Crippen LogP contribution is 2.42. The molecule has 2 saturated carbocycles. The highest BCUT2D eigenvalue weighted by Gasteiger charge is 2.35. The molecule has 120 valence electrons. The van der Waals surface area contributed by atoms with Crippen molar-refractivity contribution >= 4 is 0 Å². The summed E-state index contributed by atoms with van der Waals surface area (Å²) in [7, 11) is 0. The maximum atomic E-state index is 5.92. The van der Waals surface area contributed by atoms with Gasteiger partial charge in [-0.15, -0.1) is 6.58 Å². The van der Waals surface area contributed by atoms with E-state index >= 15 is 0 Å². The van der Waals surface area contributed by atoms with Crippen LogP contribution in [0.1, 0.15) is 58.3 Å². The monoisotopic (exact) mass is 292 g/mol. The zero-order chi connectivity index (χ0) is 14.7. The molecule has 0 N–H and O–H groups in total. The maximum Gasteiger partial charge on any atom is 0.160 e. The summed E-state index contributed by atoms with van der Waals surface area (Å²) in [6.07, 6.45) is 13.3. The Hall–Kier alpha value is -0.340. The van der Waals surface area contributed by atoms with E-state index < -0.39 is 0 Å². The first-order valence-electron chi connectivity index (χ1n) is 9.12. The highest BCUT2D eigenvalue weighted by atomic mass is 16.7. The summed E-state index contributed by atoms with van der Waals surface area (Å²) in [5, 5.41) is 0. The largest absolute Gasteiger partial charge is 0.352 e. The van der Waals surface area contributed by atoms with Gasteiger partial charge in [0, 0.05) is 11.8 Å². The average molecular weight is 292 g/mol. The Morgan fingerprint density at radius 2 is 1.24 bits per heavy atom. The van der Waals surface area contributed by atoms with Gasteiger partial charge in [0.2, 0.25) is 0 Å². The Kier molecular flexibility index (Phi) is 5.39. The minimum absolute atomic E-state index is 0.0635. The van der Waals surface area contributed by atoms with Crippen LogP contribution >= 0.6 is 0 Å². The quantitative estimate of drug-likeness (QED) is 0.696. The predicted molar refractivity (Wildman–Crippen MR) is 85.9 cm³/mol. The molecule has 1 heterocycles. The molecule has 21 heavy (non-hydrogen) atoms. The number of hydrogen-bond donors (Lipinski definition) is 0. The molecule has 1 saturated heterocycles. The molecule has 0 aromatic heterocycles. The van der Waals surface area contributed by atoms with Gasteiger partial charge >= 0.3 is 0 Å². The third kappa shape index (κ3) is 3.90. The Bertz CT molecular complexity index is 316. The zero-order valence-electron chi connectivity index (χ0n) is 13.6. The summed E-state index contributed by atoms with van der Waals surface area (Å²) < 4.78 is 11.8. The van der Waals surface area contributed by atoms with Crippen molar-refractivity contribution in [1.29, 1.82) is 0 Å². The fourth-order valence-corrected chi connectivity index (χ4v) is 4.59. The van der Waals surface area contributed by atoms with Crippen LogP contribution in [0.5, 0.6) is 0 Å². The van der Waals surface area contributed by atoms with Gasteiger partial charge in [-0.3, -0.25) is 0 Å². The molecule has 3 rings (SSSR count). The van der Waals surface area contributed by atoms with E-state index in [0.29, 0.717) is 11.8 Å². The Balaban J connectivity index is 1.42. The van der Waals surface area contributed by atoms with Gasteiger partial charge in [-0.1, -0.05) is 25.8 Å². The minimum Gasteiger partial charge on any atom is -0.352 e. The molecule has 3 fully saturated rings. The molecule has 0 radical (unpaired) electrons. The van der Waals surface area contributed by atoms with Gasteiger partial charge in [0.1, 0.15) is 0 Å². The lowest BCUT2D eigenvalue weighted by Gasteiger charge is -2.40. The minimum atomic E-state index is 0.0635. The summed E-state index contributed by atoms with van der Waals surface area (Å²) in [6, 6.07) is 0. The third-order valence-corrected chi connectivity index (χ3v) is 6.21. The van der Waals surface area contributed by atoms with E-state index in [1.165, 1.54) is 51.4 Å². The van der Waals surface area contributed by atoms with Crippen molar-refractivity contribution in [1.82, 2.24) is 0 Å². The molecule has 0 unspecified atom stereocenters. The van der Waals surface area contributed by atoms with Crippen LogP contribution in [0.15, 0.2) is 12.7 Å². The zero-order valence-corrected chi connectivity index (χ0v) is 13.6. The number of rotatable bonds is 3. The second-order valence-corrected chi connectivity index (χ2v) is 7.73. The first-order valence-corrected chi connectivity index (χ1v) is 9.12. The van der Waals surface area contributed by atoms with E-state index in [9.17, 15) is 0 Å². The molecular weight excluding hydrogens is 260 g/mol. The first kappa shape index (κ1) is 15.6. The summed E-state index contributed by atoms with van der Waals surface area (Å²) in [4.78, 5) is 0. The summed E-state index contributed by atoms with van der Waals surface area (Å²) in [5.41, 5.74) is 0. The van der Waals surface area contributed by atoms with Gasteiger partial charge < -0.3 is 9.47 Å². The highest BCUT2D eigenvalue weighted by molar-refractivity contribution is 4.85. The van der Waals surface area contributed by atoms with Crippen molar-refractivity contribution in [3.8, 4) is 0 Å². The van der Waals surface area contributed by atoms with Crippen molar-refractivity contribution in [2.75, 3.05) is 13.2 Å². The molecule has 0 spiro atoms. The fourth-order valence-electron chi connectivity index (χ4n) is 4.59. The van der Waals surface area contributed by atoms with Crippen molar-refractivity contribution < 1.29 is 9.47 Å². The van der Waals surface area contributed by atoms with E-state index in [4.69, 9.17) is 9.47 Å². The van der Waals surface area contributed by atoms with Crippen LogP contribution in [-0.4, -0.2) is 19.5 Å². The lowest BCUT2D eigenvalue weighted by atomic mass is 9.69. The maximum absolute atomic E-state index is 5.92. The SMILES string of the molecule is C=CC1COC(C2CCC(C3CCC(C)CC3)CC2)OC1. The summed E-state index contributed by atoms with van der Waals surface area (Å²) in [6.45, 7) is 7.85. The van der Waals surface area contributed by atoms with Crippen molar-refractivity contribution in [2.24, 2.45) is 29.6 Å². The summed E-state index contributed by atoms with van der Waals surface area (Å²) >= 11 is 0. The Morgan fingerprint density at radius 1 is 0.762 bits per heavy atom. The topological polar surface area (TPSA) is 18.5 Å². The molecule has 0 aromatic rings. The van der Waals surface area contributed by atoms with Gasteiger partial charge in [-0.25, -0.2) is 0 Å². The average Bonchev–Trinajstić information content (AvgIpc) is 2.56. The van der Waals surface area contributed by atoms with Crippen LogP contribution in [0.25, 0.3) is 0 Å². The second kappa shape index (κ2) is 7.28. The molecule has 0 amide bonds. The predicted octanol–water partition coefficient (Wildman–Crippen LogP) is 4.79. The van der Waals surface area contributed by atoms with Crippen LogP contribution in [0.3, 0.4) is 0 Å². The van der Waals surface area contributed by atoms with Crippen LogP contribution in [0.4, 0.5) is 0 Å². The lowest BCUT2D eigenvalue weighted by Crippen LogP contribution is -2.38. The van der Waals surface area contributed by atoms with E-state index in [2.05, 4.69) is 13.5 Å². The van der Waals surface area contributed by atoms with Crippen LogP contribution in [0, 0.1) is 29.6 Å². The van der Waals surface area contributed by atoms with Gasteiger partial charge in [0.15, 0.2) is 6.29 Å². The molecule has 0 aromatic carbocycles. The molecule has 0 atom stereocenters. The Morgan fingerprint density at radius 3 is 1.76 bits per heavy atom. The van der Waals surface area contributed by atoms with Crippen molar-refractivity contribution in [3.05, 3.63) is 12.7 Å². The van der Waals surface area contributed by atoms with Gasteiger partial charge in [-0.2, -0.15) is 0 Å². The van der Waals surface area contributed by atoms with Crippen LogP contribution in [0.2, 0.25) is 0 Å². The van der Waals surface area contributed by atoms with Crippen molar-refractivity contribution in [3.63, 3.8) is 0 Å². The molecule has 3 aliphatic rings. The molecule has 2 nitrogen and oxygen atoms in total. The van der Waals surface area contributed by atoms with Crippen LogP contribution in [-0.2, 0) is 9.47 Å². The second-order valence-electron chi connectivity index (χ2n) is 7.73. The third-order valence-electron chi connectivity index (χ3n) is 6.21. The van der Waals surface area contributed by atoms with Crippen molar-refractivity contribution in [2.45, 2.75) is 64.6 Å². The first-order chi connectivity index (χ1) is 10.3. The normalized spacial score (nSPS) is 45.2. The molecule has 2 heteroatoms. The van der Waals surface area contributed by atoms with Gasteiger partial charge in [-0.05, 0) is 56.3 Å². The van der Waals surface area contributed by atoms with E-state index in [-0.39, 0.29) is 6.29 Å².